The van der Waals surface area contributed by atoms with Crippen LogP contribution < -0.4 is 0 Å². The fourth-order valence-corrected chi connectivity index (χ4v) is 5.28. The van der Waals surface area contributed by atoms with Gasteiger partial charge in [0.1, 0.15) is 18.1 Å². The highest BCUT2D eigenvalue weighted by Gasteiger charge is 2.58. The number of aliphatic hydroxyl groups excluding tert-OH is 1. The van der Waals surface area contributed by atoms with Crippen LogP contribution in [0.5, 0.6) is 0 Å². The van der Waals surface area contributed by atoms with E-state index in [1.165, 1.54) is 0 Å². The molecule has 3 aliphatic rings. The predicted octanol–water partition coefficient (Wildman–Crippen LogP) is 2.68. The number of ether oxygens (including phenoxy) is 3. The number of fused-ring (bicyclic) bond motifs is 3. The van der Waals surface area contributed by atoms with Crippen molar-refractivity contribution in [3.8, 4) is 0 Å². The van der Waals surface area contributed by atoms with E-state index in [1.54, 1.807) is 13.2 Å². The first kappa shape index (κ1) is 23.4. The Labute approximate surface area is 192 Å². The van der Waals surface area contributed by atoms with Crippen LogP contribution in [0.3, 0.4) is 0 Å². The van der Waals surface area contributed by atoms with Crippen LogP contribution >= 0.6 is 0 Å². The normalized spacial score (nSPS) is 27.3. The fourth-order valence-electron chi connectivity index (χ4n) is 5.28. The zero-order valence-electron chi connectivity index (χ0n) is 19.0. The first-order valence-electron chi connectivity index (χ1n) is 11.0. The number of amides is 3. The van der Waals surface area contributed by atoms with Gasteiger partial charge < -0.3 is 23.7 Å². The summed E-state index contributed by atoms with van der Waals surface area (Å²) in [4.78, 5) is 38.6. The van der Waals surface area contributed by atoms with E-state index in [0.717, 1.165) is 30.2 Å². The molecule has 3 amide bonds. The van der Waals surface area contributed by atoms with Gasteiger partial charge in [0.15, 0.2) is 0 Å². The lowest BCUT2D eigenvalue weighted by molar-refractivity contribution is -0.137. The standard InChI is InChI=1S/C24H29NO8/c1-13(8-15-5-6-16(10-26)33-15)4-7-19-20-14(11-30-2)9-17-21(18(20)12-32-19)23(28)25(22(17)27)24(29)31-3/h5-6,8,17-19,21,26H,4,7,9-12H2,1-3H3/b13-8+/t17-,18+,19-,21-/m1/s1. The van der Waals surface area contributed by atoms with Crippen LogP contribution in [0, 0.1) is 17.8 Å². The molecule has 4 rings (SSSR count). The second-order valence-electron chi connectivity index (χ2n) is 8.73. The molecule has 3 heterocycles. The summed E-state index contributed by atoms with van der Waals surface area (Å²) >= 11 is 0. The van der Waals surface area contributed by atoms with Gasteiger partial charge in [-0.25, -0.2) is 4.79 Å². The summed E-state index contributed by atoms with van der Waals surface area (Å²) in [5.74, 6) is -1.29. The predicted molar refractivity (Wildman–Crippen MR) is 116 cm³/mol. The van der Waals surface area contributed by atoms with Crippen molar-refractivity contribution in [3.05, 3.63) is 40.4 Å². The van der Waals surface area contributed by atoms with Gasteiger partial charge in [0.05, 0.1) is 38.3 Å². The summed E-state index contributed by atoms with van der Waals surface area (Å²) in [6, 6.07) is 3.55. The summed E-state index contributed by atoms with van der Waals surface area (Å²) < 4.78 is 21.7. The van der Waals surface area contributed by atoms with Crippen LogP contribution in [0.1, 0.15) is 37.7 Å². The highest BCUT2D eigenvalue weighted by Crippen LogP contribution is 2.50. The maximum atomic E-state index is 13.0. The number of imide groups is 3. The first-order valence-corrected chi connectivity index (χ1v) is 11.0. The van der Waals surface area contributed by atoms with Gasteiger partial charge in [-0.3, -0.25) is 9.59 Å². The molecule has 4 atom stereocenters. The monoisotopic (exact) mass is 459 g/mol. The molecule has 9 heteroatoms. The molecule has 178 valence electrons. The van der Waals surface area contributed by atoms with Crippen molar-refractivity contribution >= 4 is 24.0 Å². The van der Waals surface area contributed by atoms with Crippen LogP contribution in [0.15, 0.2) is 33.3 Å². The number of carbonyl (C=O) groups is 3. The third-order valence-electron chi connectivity index (χ3n) is 6.71. The van der Waals surface area contributed by atoms with Gasteiger partial charge >= 0.3 is 6.09 Å². The van der Waals surface area contributed by atoms with Crippen molar-refractivity contribution in [3.63, 3.8) is 0 Å². The third kappa shape index (κ3) is 4.28. The van der Waals surface area contributed by atoms with Gasteiger partial charge in [-0.15, -0.1) is 0 Å². The molecule has 1 aromatic heterocycles. The minimum atomic E-state index is -0.937. The van der Waals surface area contributed by atoms with Crippen molar-refractivity contribution in [1.29, 1.82) is 0 Å². The molecule has 9 nitrogen and oxygen atoms in total. The average molecular weight is 459 g/mol. The number of methoxy groups -OCH3 is 2. The van der Waals surface area contributed by atoms with Crippen molar-refractivity contribution in [1.82, 2.24) is 4.90 Å². The highest BCUT2D eigenvalue weighted by molar-refractivity contribution is 6.16. The molecule has 0 spiro atoms. The minimum absolute atomic E-state index is 0.141. The van der Waals surface area contributed by atoms with E-state index in [2.05, 4.69) is 4.74 Å². The molecule has 0 bridgehead atoms. The Hall–Kier alpha value is -2.75. The van der Waals surface area contributed by atoms with E-state index in [9.17, 15) is 14.4 Å². The summed E-state index contributed by atoms with van der Waals surface area (Å²) in [6.45, 7) is 2.53. The van der Waals surface area contributed by atoms with Gasteiger partial charge in [-0.1, -0.05) is 5.57 Å². The Balaban J connectivity index is 1.53. The molecule has 0 radical (unpaired) electrons. The molecular formula is C24H29NO8. The van der Waals surface area contributed by atoms with E-state index in [4.69, 9.17) is 19.0 Å². The van der Waals surface area contributed by atoms with Gasteiger partial charge in [0, 0.05) is 13.0 Å². The van der Waals surface area contributed by atoms with Gasteiger partial charge in [0.2, 0.25) is 11.8 Å². The maximum Gasteiger partial charge on any atom is 0.423 e. The first-order chi connectivity index (χ1) is 15.9. The number of carbonyl (C=O) groups excluding carboxylic acids is 3. The zero-order valence-corrected chi connectivity index (χ0v) is 19.0. The van der Waals surface area contributed by atoms with E-state index in [0.29, 0.717) is 42.5 Å². The molecule has 0 unspecified atom stereocenters. The summed E-state index contributed by atoms with van der Waals surface area (Å²) in [5, 5.41) is 9.15. The molecule has 2 fully saturated rings. The van der Waals surface area contributed by atoms with Crippen LogP contribution in [-0.4, -0.2) is 61.5 Å². The second kappa shape index (κ2) is 9.62. The molecule has 0 saturated carbocycles. The largest absolute Gasteiger partial charge is 0.459 e. The van der Waals surface area contributed by atoms with Gasteiger partial charge in [-0.05, 0) is 55.5 Å². The number of rotatable bonds is 7. The average Bonchev–Trinajstić information content (AvgIpc) is 3.49. The quantitative estimate of drug-likeness (QED) is 0.489. The number of likely N-dealkylation sites (tertiary alicyclic amines) is 1. The van der Waals surface area contributed by atoms with Crippen LogP contribution in [0.25, 0.3) is 6.08 Å². The van der Waals surface area contributed by atoms with Crippen molar-refractivity contribution in [2.75, 3.05) is 27.4 Å². The Morgan fingerprint density at radius 3 is 2.70 bits per heavy atom. The molecule has 2 aliphatic heterocycles. The summed E-state index contributed by atoms with van der Waals surface area (Å²) in [7, 11) is 2.75. The molecule has 33 heavy (non-hydrogen) atoms. The Morgan fingerprint density at radius 1 is 1.24 bits per heavy atom. The third-order valence-corrected chi connectivity index (χ3v) is 6.71. The molecule has 1 aliphatic carbocycles. The Kier molecular flexibility index (Phi) is 6.83. The summed E-state index contributed by atoms with van der Waals surface area (Å²) in [6.07, 6.45) is 2.62. The van der Waals surface area contributed by atoms with Crippen LogP contribution in [0.2, 0.25) is 0 Å². The van der Waals surface area contributed by atoms with Gasteiger partial charge in [-0.2, -0.15) is 4.90 Å². The lowest BCUT2D eigenvalue weighted by atomic mass is 9.69. The zero-order chi connectivity index (χ0) is 23.7. The number of allylic oxidation sites excluding steroid dienone is 1. The SMILES string of the molecule is COCC1=C2[C@@H](CC/C(C)=C/c3ccc(CO)o3)OC[C@@H]2[C@@H]2C(=O)N(C(=O)OC)C(=O)[C@@H]2C1. The van der Waals surface area contributed by atoms with Crippen LogP contribution in [0.4, 0.5) is 4.79 Å². The number of hydrogen-bond donors (Lipinski definition) is 1. The van der Waals surface area contributed by atoms with E-state index in [1.807, 2.05) is 19.1 Å². The molecule has 1 N–H and O–H groups in total. The Morgan fingerprint density at radius 2 is 2.03 bits per heavy atom. The fraction of sp³-hybridized carbons (Fsp3) is 0.542. The molecule has 0 aromatic carbocycles. The topological polar surface area (TPSA) is 116 Å². The highest BCUT2D eigenvalue weighted by atomic mass is 16.5. The second-order valence-corrected chi connectivity index (χ2v) is 8.73. The van der Waals surface area contributed by atoms with Crippen LogP contribution in [-0.2, 0) is 30.4 Å². The number of furan rings is 1. The van der Waals surface area contributed by atoms with E-state index in [-0.39, 0.29) is 18.6 Å². The summed E-state index contributed by atoms with van der Waals surface area (Å²) in [5.41, 5.74) is 3.09. The minimum Gasteiger partial charge on any atom is -0.459 e. The number of aliphatic hydroxyl groups is 1. The number of nitrogens with zero attached hydrogens (tertiary/aromatic N) is 1. The molecular weight excluding hydrogens is 430 g/mol. The van der Waals surface area contributed by atoms with E-state index < -0.39 is 29.7 Å². The molecule has 2 saturated heterocycles. The van der Waals surface area contributed by atoms with E-state index >= 15 is 0 Å². The maximum absolute atomic E-state index is 13.0. The number of hydrogen-bond acceptors (Lipinski definition) is 8. The molecule has 1 aromatic rings. The lowest BCUT2D eigenvalue weighted by Crippen LogP contribution is -2.38. The van der Waals surface area contributed by atoms with Gasteiger partial charge in [0.25, 0.3) is 0 Å². The lowest BCUT2D eigenvalue weighted by Gasteiger charge is -2.31. The van der Waals surface area contributed by atoms with Crippen molar-refractivity contribution in [2.24, 2.45) is 17.8 Å². The smallest absolute Gasteiger partial charge is 0.423 e. The van der Waals surface area contributed by atoms with Crippen molar-refractivity contribution in [2.45, 2.75) is 38.9 Å². The van der Waals surface area contributed by atoms with Crippen molar-refractivity contribution < 1.29 is 38.1 Å². The Bertz CT molecular complexity index is 1010.